The molecular formula is C23H24ClN3O4S. The summed E-state index contributed by atoms with van der Waals surface area (Å²) < 4.78 is 16.5. The van der Waals surface area contributed by atoms with Crippen molar-refractivity contribution < 1.29 is 18.7 Å². The number of aromatic nitrogens is 2. The molecule has 0 unspecified atom stereocenters. The highest BCUT2D eigenvalue weighted by Gasteiger charge is 2.35. The molecule has 3 aromatic rings. The zero-order valence-electron chi connectivity index (χ0n) is 17.7. The molecule has 1 aliphatic heterocycles. The summed E-state index contributed by atoms with van der Waals surface area (Å²) in [4.78, 5) is 12.6. The van der Waals surface area contributed by atoms with Gasteiger partial charge in [-0.3, -0.25) is 4.79 Å². The number of nitrogens with zero attached hydrogens (tertiary/aromatic N) is 2. The van der Waals surface area contributed by atoms with E-state index >= 15 is 0 Å². The lowest BCUT2D eigenvalue weighted by molar-refractivity contribution is -0.119. The molecule has 4 rings (SSSR count). The summed E-state index contributed by atoms with van der Waals surface area (Å²) in [7, 11) is 1.65. The summed E-state index contributed by atoms with van der Waals surface area (Å²) >= 11 is 7.12. The van der Waals surface area contributed by atoms with Crippen LogP contribution in [0.2, 0.25) is 5.02 Å². The molecule has 0 saturated carbocycles. The second kappa shape index (κ2) is 10.4. The van der Waals surface area contributed by atoms with E-state index < -0.39 is 0 Å². The van der Waals surface area contributed by atoms with Gasteiger partial charge in [-0.2, -0.15) is 0 Å². The first-order valence-corrected chi connectivity index (χ1v) is 11.7. The normalized spacial score (nSPS) is 15.3. The number of hydrogen-bond acceptors (Lipinski definition) is 7. The Morgan fingerprint density at radius 2 is 1.84 bits per heavy atom. The van der Waals surface area contributed by atoms with Crippen LogP contribution in [-0.2, 0) is 14.9 Å². The quantitative estimate of drug-likeness (QED) is 0.486. The number of amides is 1. The van der Waals surface area contributed by atoms with Gasteiger partial charge in [0.25, 0.3) is 5.22 Å². The molecule has 1 saturated heterocycles. The Labute approximate surface area is 195 Å². The van der Waals surface area contributed by atoms with Gasteiger partial charge in [0.2, 0.25) is 11.8 Å². The molecular weight excluding hydrogens is 450 g/mol. The summed E-state index contributed by atoms with van der Waals surface area (Å²) in [5.74, 6) is 1.32. The van der Waals surface area contributed by atoms with Crippen LogP contribution < -0.4 is 10.1 Å². The van der Waals surface area contributed by atoms with Crippen LogP contribution in [0.25, 0.3) is 11.5 Å². The zero-order chi connectivity index (χ0) is 22.4. The molecule has 32 heavy (non-hydrogen) atoms. The van der Waals surface area contributed by atoms with Gasteiger partial charge in [0.15, 0.2) is 0 Å². The molecule has 0 bridgehead atoms. The highest BCUT2D eigenvalue weighted by molar-refractivity contribution is 7.99. The number of methoxy groups -OCH3 is 1. The fraction of sp³-hybridized carbons (Fsp3) is 0.348. The Hall–Kier alpha value is -2.55. The van der Waals surface area contributed by atoms with Crippen LogP contribution >= 0.6 is 23.4 Å². The van der Waals surface area contributed by atoms with Crippen LogP contribution in [0.5, 0.6) is 5.75 Å². The molecule has 2 aromatic carbocycles. The van der Waals surface area contributed by atoms with Crippen LogP contribution in [0.3, 0.4) is 0 Å². The molecule has 0 radical (unpaired) electrons. The van der Waals surface area contributed by atoms with Gasteiger partial charge >= 0.3 is 0 Å². The predicted molar refractivity (Wildman–Crippen MR) is 123 cm³/mol. The van der Waals surface area contributed by atoms with Gasteiger partial charge < -0.3 is 19.2 Å². The molecule has 0 atom stereocenters. The fourth-order valence-electron chi connectivity index (χ4n) is 3.70. The van der Waals surface area contributed by atoms with Crippen molar-refractivity contribution in [2.45, 2.75) is 23.5 Å². The number of carbonyl (C=O) groups is 1. The van der Waals surface area contributed by atoms with E-state index in [0.717, 1.165) is 24.2 Å². The molecule has 168 valence electrons. The largest absolute Gasteiger partial charge is 0.497 e. The van der Waals surface area contributed by atoms with E-state index in [1.54, 1.807) is 19.2 Å². The second-order valence-corrected chi connectivity index (χ2v) is 8.93. The van der Waals surface area contributed by atoms with Gasteiger partial charge in [-0.25, -0.2) is 0 Å². The SMILES string of the molecule is COc1ccc(C2(CNC(=O)CSc3nnc(-c4ccc(Cl)cc4)o3)CCOCC2)cc1. The Bertz CT molecular complexity index is 1030. The number of benzene rings is 2. The zero-order valence-corrected chi connectivity index (χ0v) is 19.2. The van der Waals surface area contributed by atoms with E-state index in [2.05, 4.69) is 27.6 Å². The van der Waals surface area contributed by atoms with Crippen LogP contribution in [0, 0.1) is 0 Å². The Morgan fingerprint density at radius 3 is 2.53 bits per heavy atom. The maximum Gasteiger partial charge on any atom is 0.277 e. The molecule has 1 amide bonds. The van der Waals surface area contributed by atoms with Crippen LogP contribution in [0.15, 0.2) is 58.2 Å². The summed E-state index contributed by atoms with van der Waals surface area (Å²) in [6.45, 7) is 1.89. The lowest BCUT2D eigenvalue weighted by Crippen LogP contribution is -2.45. The average Bonchev–Trinajstić information content (AvgIpc) is 3.31. The van der Waals surface area contributed by atoms with Crippen molar-refractivity contribution in [3.63, 3.8) is 0 Å². The minimum Gasteiger partial charge on any atom is -0.497 e. The van der Waals surface area contributed by atoms with Crippen LogP contribution in [0.4, 0.5) is 0 Å². The highest BCUT2D eigenvalue weighted by Crippen LogP contribution is 2.35. The molecule has 0 spiro atoms. The topological polar surface area (TPSA) is 86.5 Å². The maximum absolute atomic E-state index is 12.6. The van der Waals surface area contributed by atoms with Gasteiger partial charge in [-0.15, -0.1) is 10.2 Å². The van der Waals surface area contributed by atoms with Gasteiger partial charge in [0.1, 0.15) is 5.75 Å². The van der Waals surface area contributed by atoms with E-state index in [0.29, 0.717) is 35.9 Å². The Balaban J connectivity index is 1.34. The summed E-state index contributed by atoms with van der Waals surface area (Å²) in [5, 5.41) is 12.1. The van der Waals surface area contributed by atoms with E-state index in [9.17, 15) is 4.79 Å². The Morgan fingerprint density at radius 1 is 1.12 bits per heavy atom. The van der Waals surface area contributed by atoms with Crippen molar-refractivity contribution in [1.82, 2.24) is 15.5 Å². The number of ether oxygens (including phenoxy) is 2. The summed E-state index contributed by atoms with van der Waals surface area (Å²) in [5.41, 5.74) is 1.80. The number of thioether (sulfide) groups is 1. The average molecular weight is 474 g/mol. The first kappa shape index (κ1) is 22.6. The van der Waals surface area contributed by atoms with Crippen molar-refractivity contribution in [2.75, 3.05) is 32.6 Å². The van der Waals surface area contributed by atoms with E-state index in [1.807, 2.05) is 24.3 Å². The third-order valence-electron chi connectivity index (χ3n) is 5.60. The molecule has 1 aliphatic rings. The van der Waals surface area contributed by atoms with Crippen LogP contribution in [0.1, 0.15) is 18.4 Å². The number of hydrogen-bond donors (Lipinski definition) is 1. The minimum absolute atomic E-state index is 0.0828. The Kier molecular flexibility index (Phi) is 7.34. The summed E-state index contributed by atoms with van der Waals surface area (Å²) in [6.07, 6.45) is 1.70. The standard InChI is InChI=1S/C23H24ClN3O4S/c1-29-19-8-4-17(5-9-19)23(10-12-30-13-11-23)15-25-20(28)14-32-22-27-26-21(31-22)16-2-6-18(24)7-3-16/h2-9H,10-15H2,1H3,(H,25,28). The lowest BCUT2D eigenvalue weighted by Gasteiger charge is -2.38. The smallest absolute Gasteiger partial charge is 0.277 e. The van der Waals surface area contributed by atoms with Gasteiger partial charge in [0.05, 0.1) is 12.9 Å². The third kappa shape index (κ3) is 5.43. The van der Waals surface area contributed by atoms with Crippen molar-refractivity contribution in [2.24, 2.45) is 0 Å². The number of rotatable bonds is 8. The van der Waals surface area contributed by atoms with Crippen molar-refractivity contribution in [3.8, 4) is 17.2 Å². The summed E-state index contributed by atoms with van der Waals surface area (Å²) in [6, 6.07) is 15.2. The van der Waals surface area contributed by atoms with Gasteiger partial charge in [-0.05, 0) is 54.8 Å². The molecule has 1 fully saturated rings. The lowest BCUT2D eigenvalue weighted by atomic mass is 9.74. The second-order valence-electron chi connectivity index (χ2n) is 7.57. The third-order valence-corrected chi connectivity index (χ3v) is 6.67. The molecule has 1 N–H and O–H groups in total. The minimum atomic E-state index is -0.156. The van der Waals surface area contributed by atoms with E-state index in [4.69, 9.17) is 25.5 Å². The first-order valence-electron chi connectivity index (χ1n) is 10.3. The molecule has 0 aliphatic carbocycles. The number of nitrogens with one attached hydrogen (secondary N) is 1. The van der Waals surface area contributed by atoms with E-state index in [-0.39, 0.29) is 17.1 Å². The predicted octanol–water partition coefficient (Wildman–Crippen LogP) is 4.36. The molecule has 2 heterocycles. The van der Waals surface area contributed by atoms with Gasteiger partial charge in [0, 0.05) is 35.8 Å². The number of carbonyl (C=O) groups excluding carboxylic acids is 1. The van der Waals surface area contributed by atoms with Crippen molar-refractivity contribution in [1.29, 1.82) is 0 Å². The highest BCUT2D eigenvalue weighted by atomic mass is 35.5. The van der Waals surface area contributed by atoms with Crippen molar-refractivity contribution in [3.05, 3.63) is 59.1 Å². The molecule has 1 aromatic heterocycles. The molecule has 9 heteroatoms. The van der Waals surface area contributed by atoms with Crippen LogP contribution in [-0.4, -0.2) is 48.7 Å². The first-order chi connectivity index (χ1) is 15.6. The monoisotopic (exact) mass is 473 g/mol. The van der Waals surface area contributed by atoms with Gasteiger partial charge in [-0.1, -0.05) is 35.5 Å². The van der Waals surface area contributed by atoms with Crippen molar-refractivity contribution >= 4 is 29.3 Å². The number of halogens is 1. The molecule has 7 nitrogen and oxygen atoms in total. The fourth-order valence-corrected chi connectivity index (χ4v) is 4.42. The maximum atomic E-state index is 12.6. The van der Waals surface area contributed by atoms with E-state index in [1.165, 1.54) is 17.3 Å².